The number of nitrogens with one attached hydrogen (secondary N) is 3. The fourth-order valence-corrected chi connectivity index (χ4v) is 3.46. The molecule has 0 saturated carbocycles. The lowest BCUT2D eigenvalue weighted by molar-refractivity contribution is -0.124. The second kappa shape index (κ2) is 10.4. The van der Waals surface area contributed by atoms with Crippen molar-refractivity contribution in [2.75, 3.05) is 10.6 Å². The largest absolute Gasteiger partial charge is 0.349 e. The first-order valence-corrected chi connectivity index (χ1v) is 10.4. The average Bonchev–Trinajstić information content (AvgIpc) is 2.75. The van der Waals surface area contributed by atoms with Crippen molar-refractivity contribution in [3.05, 3.63) is 90.3 Å². The lowest BCUT2D eigenvalue weighted by Gasteiger charge is -2.23. The highest BCUT2D eigenvalue weighted by atomic mass is 16.2. The topological polar surface area (TPSA) is 83.1 Å². The minimum absolute atomic E-state index is 0.0278. The Labute approximate surface area is 183 Å². The molecular weight excluding hydrogens is 388 g/mol. The normalized spacial score (nSPS) is 12.6. The van der Waals surface area contributed by atoms with Gasteiger partial charge in [0.2, 0.25) is 5.91 Å². The summed E-state index contributed by atoms with van der Waals surface area (Å²) in [7, 11) is 0. The number of amides is 3. The molecule has 3 N–H and O–H groups in total. The number of hydrogen-bond donors (Lipinski definition) is 3. The Morgan fingerprint density at radius 2 is 1.42 bits per heavy atom. The van der Waals surface area contributed by atoms with E-state index in [1.54, 1.807) is 12.4 Å². The fraction of sp³-hybridized carbons (Fsp3) is 0.240. The number of carbonyl (C=O) groups excluding carboxylic acids is 2. The predicted octanol–water partition coefficient (Wildman–Crippen LogP) is 5.34. The summed E-state index contributed by atoms with van der Waals surface area (Å²) in [5.41, 5.74) is 3.26. The van der Waals surface area contributed by atoms with Gasteiger partial charge < -0.3 is 16.0 Å². The Kier molecular flexibility index (Phi) is 7.38. The molecule has 1 aromatic heterocycles. The van der Waals surface area contributed by atoms with Gasteiger partial charge in [-0.1, -0.05) is 50.2 Å². The van der Waals surface area contributed by atoms with Crippen molar-refractivity contribution in [1.29, 1.82) is 0 Å². The fourth-order valence-electron chi connectivity index (χ4n) is 3.46. The third-order valence-electron chi connectivity index (χ3n) is 5.05. The van der Waals surface area contributed by atoms with Crippen molar-refractivity contribution in [1.82, 2.24) is 10.3 Å². The van der Waals surface area contributed by atoms with Crippen molar-refractivity contribution in [2.45, 2.75) is 32.7 Å². The van der Waals surface area contributed by atoms with E-state index < -0.39 is 0 Å². The minimum Gasteiger partial charge on any atom is -0.349 e. The third-order valence-corrected chi connectivity index (χ3v) is 5.05. The van der Waals surface area contributed by atoms with Gasteiger partial charge in [0.15, 0.2) is 0 Å². The third kappa shape index (κ3) is 6.15. The smallest absolute Gasteiger partial charge is 0.323 e. The van der Waals surface area contributed by atoms with E-state index in [1.165, 1.54) is 0 Å². The molecule has 0 aliphatic heterocycles. The quantitative estimate of drug-likeness (QED) is 0.486. The summed E-state index contributed by atoms with van der Waals surface area (Å²) >= 11 is 0. The van der Waals surface area contributed by atoms with E-state index in [0.717, 1.165) is 16.8 Å². The molecule has 3 rings (SSSR count). The van der Waals surface area contributed by atoms with Crippen LogP contribution in [0.1, 0.15) is 43.9 Å². The summed E-state index contributed by atoms with van der Waals surface area (Å²) in [6.45, 7) is 6.01. The summed E-state index contributed by atoms with van der Waals surface area (Å²) < 4.78 is 0. The average molecular weight is 417 g/mol. The molecule has 160 valence electrons. The first kappa shape index (κ1) is 22.0. The predicted molar refractivity (Wildman–Crippen MR) is 124 cm³/mol. The van der Waals surface area contributed by atoms with Gasteiger partial charge in [-0.2, -0.15) is 0 Å². The molecule has 2 aromatic carbocycles. The number of hydrogen-bond acceptors (Lipinski definition) is 3. The molecule has 0 unspecified atom stereocenters. The highest BCUT2D eigenvalue weighted by Gasteiger charge is 2.25. The van der Waals surface area contributed by atoms with E-state index in [9.17, 15) is 9.59 Å². The highest BCUT2D eigenvalue weighted by molar-refractivity contribution is 5.99. The number of aromatic nitrogens is 1. The van der Waals surface area contributed by atoms with Crippen LogP contribution in [0.2, 0.25) is 0 Å². The molecule has 1 heterocycles. The van der Waals surface area contributed by atoms with Crippen LogP contribution in [0.3, 0.4) is 0 Å². The lowest BCUT2D eigenvalue weighted by atomic mass is 9.88. The van der Waals surface area contributed by atoms with E-state index in [1.807, 2.05) is 87.5 Å². The van der Waals surface area contributed by atoms with Gasteiger partial charge in [-0.15, -0.1) is 0 Å². The number of anilines is 2. The Hall–Kier alpha value is -3.67. The highest BCUT2D eigenvalue weighted by Crippen LogP contribution is 2.25. The molecule has 31 heavy (non-hydrogen) atoms. The number of rotatable bonds is 7. The van der Waals surface area contributed by atoms with Crippen molar-refractivity contribution in [3.8, 4) is 0 Å². The molecule has 0 bridgehead atoms. The van der Waals surface area contributed by atoms with Crippen molar-refractivity contribution < 1.29 is 9.59 Å². The monoisotopic (exact) mass is 416 g/mol. The number of pyridine rings is 1. The number of para-hydroxylation sites is 1. The molecule has 0 radical (unpaired) electrons. The van der Waals surface area contributed by atoms with Crippen LogP contribution in [0, 0.1) is 5.92 Å². The minimum atomic E-state index is -0.309. The number of nitrogens with zero attached hydrogens (tertiary/aromatic N) is 1. The van der Waals surface area contributed by atoms with Crippen LogP contribution in [-0.4, -0.2) is 16.9 Å². The summed E-state index contributed by atoms with van der Waals surface area (Å²) in [4.78, 5) is 29.2. The number of urea groups is 1. The molecule has 3 amide bonds. The van der Waals surface area contributed by atoms with E-state index in [0.29, 0.717) is 5.69 Å². The van der Waals surface area contributed by atoms with Gasteiger partial charge in [-0.25, -0.2) is 4.79 Å². The van der Waals surface area contributed by atoms with Crippen LogP contribution in [0.15, 0.2) is 79.1 Å². The molecule has 2 atom stereocenters. The van der Waals surface area contributed by atoms with Crippen LogP contribution in [0.4, 0.5) is 16.2 Å². The Balaban J connectivity index is 1.60. The van der Waals surface area contributed by atoms with Gasteiger partial charge in [0, 0.05) is 23.8 Å². The zero-order valence-electron chi connectivity index (χ0n) is 18.0. The van der Waals surface area contributed by atoms with Gasteiger partial charge in [0.1, 0.15) is 0 Å². The lowest BCUT2D eigenvalue weighted by Crippen LogP contribution is -2.34. The summed E-state index contributed by atoms with van der Waals surface area (Å²) in [6.07, 6.45) is 3.45. The maximum atomic E-state index is 13.0. The first-order valence-electron chi connectivity index (χ1n) is 10.4. The van der Waals surface area contributed by atoms with Crippen LogP contribution >= 0.6 is 0 Å². The summed E-state index contributed by atoms with van der Waals surface area (Å²) in [5.74, 6) is -0.148. The first-order chi connectivity index (χ1) is 14.9. The zero-order valence-corrected chi connectivity index (χ0v) is 18.0. The molecular formula is C25H28N4O2. The molecule has 3 aromatic rings. The van der Waals surface area contributed by atoms with Gasteiger partial charge in [-0.3, -0.25) is 9.78 Å². The van der Waals surface area contributed by atoms with Gasteiger partial charge in [-0.05, 0) is 54.3 Å². The van der Waals surface area contributed by atoms with E-state index in [4.69, 9.17) is 0 Å². The number of benzene rings is 2. The van der Waals surface area contributed by atoms with Crippen molar-refractivity contribution in [2.24, 2.45) is 5.92 Å². The molecule has 6 heteroatoms. The van der Waals surface area contributed by atoms with Gasteiger partial charge in [0.05, 0.1) is 12.0 Å². The maximum Gasteiger partial charge on any atom is 0.323 e. The Bertz CT molecular complexity index is 989. The van der Waals surface area contributed by atoms with Crippen LogP contribution in [0.5, 0.6) is 0 Å². The molecule has 6 nitrogen and oxygen atoms in total. The second-order valence-electron chi connectivity index (χ2n) is 7.81. The summed E-state index contributed by atoms with van der Waals surface area (Å²) in [6, 6.07) is 20.0. The van der Waals surface area contributed by atoms with Crippen LogP contribution in [-0.2, 0) is 4.79 Å². The second-order valence-corrected chi connectivity index (χ2v) is 7.81. The van der Waals surface area contributed by atoms with E-state index in [-0.39, 0.29) is 29.8 Å². The maximum absolute atomic E-state index is 13.0. The molecule has 0 saturated heterocycles. The van der Waals surface area contributed by atoms with Crippen LogP contribution < -0.4 is 16.0 Å². The van der Waals surface area contributed by atoms with E-state index >= 15 is 0 Å². The molecule has 0 aliphatic rings. The Morgan fingerprint density at radius 3 is 2.00 bits per heavy atom. The van der Waals surface area contributed by atoms with Crippen molar-refractivity contribution in [3.63, 3.8) is 0 Å². The summed E-state index contributed by atoms with van der Waals surface area (Å²) in [5, 5.41) is 8.69. The van der Waals surface area contributed by atoms with Crippen molar-refractivity contribution >= 4 is 23.3 Å². The van der Waals surface area contributed by atoms with Gasteiger partial charge in [0.25, 0.3) is 0 Å². The standard InChI is InChI=1S/C25H28N4O2/c1-17(2)23(20-8-7-15-26-16-20)24(30)27-18(3)19-11-13-22(14-12-19)29-25(31)28-21-9-5-4-6-10-21/h4-18,23H,1-3H3,(H,27,30)(H2,28,29,31)/t18-,23-/m0/s1. The molecule has 0 aliphatic carbocycles. The SMILES string of the molecule is CC(C)[C@H](C(=O)N[C@@H](C)c1ccc(NC(=O)Nc2ccccc2)cc1)c1cccnc1. The van der Waals surface area contributed by atoms with Gasteiger partial charge >= 0.3 is 6.03 Å². The molecule has 0 spiro atoms. The van der Waals surface area contributed by atoms with Crippen LogP contribution in [0.25, 0.3) is 0 Å². The molecule has 0 fully saturated rings. The van der Waals surface area contributed by atoms with E-state index in [2.05, 4.69) is 20.9 Å². The Morgan fingerprint density at radius 1 is 0.774 bits per heavy atom. The zero-order chi connectivity index (χ0) is 22.2. The number of carbonyl (C=O) groups is 2.